The molecule has 384 valence electrons. The van der Waals surface area contributed by atoms with E-state index in [-0.39, 0.29) is 21.8 Å². The number of hydrogen-bond acceptors (Lipinski definition) is 23. The smallest absolute Gasteiger partial charge is 0.303 e. The average Bonchev–Trinajstić information content (AvgIpc) is 3.23. The van der Waals surface area contributed by atoms with Gasteiger partial charge in [-0.15, -0.1) is 0 Å². The van der Waals surface area contributed by atoms with E-state index in [0.29, 0.717) is 41.5 Å². The van der Waals surface area contributed by atoms with Gasteiger partial charge in [0.25, 0.3) is 11.8 Å². The van der Waals surface area contributed by atoms with Gasteiger partial charge >= 0.3 is 23.9 Å². The van der Waals surface area contributed by atoms with Gasteiger partial charge in [-0.25, -0.2) is 0 Å². The molecule has 0 spiro atoms. The summed E-state index contributed by atoms with van der Waals surface area (Å²) in [5.41, 5.74) is -25.0. The summed E-state index contributed by atoms with van der Waals surface area (Å²) in [7, 11) is 1.18. The number of hydrogen-bond donors (Lipinski definition) is 8. The van der Waals surface area contributed by atoms with Crippen LogP contribution in [0.4, 0.5) is 5.69 Å². The van der Waals surface area contributed by atoms with Gasteiger partial charge in [0.2, 0.25) is 28.0 Å². The number of halogens is 3. The maximum absolute atomic E-state index is 14.5. The number of amides is 2. The number of nitrogens with one attached hydrogen (secondary N) is 2. The Balaban J connectivity index is 4.33. The lowest BCUT2D eigenvalue weighted by molar-refractivity contribution is -0.262. The van der Waals surface area contributed by atoms with E-state index in [9.17, 15) is 88.2 Å². The monoisotopic (exact) mass is 1320 g/mol. The highest BCUT2D eigenvalue weighted by atomic mass is 127. The van der Waals surface area contributed by atoms with Gasteiger partial charge in [-0.3, -0.25) is 57.5 Å². The maximum atomic E-state index is 14.5. The van der Waals surface area contributed by atoms with Crippen molar-refractivity contribution in [2.24, 2.45) is 0 Å². The highest BCUT2D eigenvalue weighted by molar-refractivity contribution is 14.1. The molecule has 1 aromatic carbocycles. The van der Waals surface area contributed by atoms with Gasteiger partial charge in [-0.05, 0) is 109 Å². The molecule has 8 atom stereocenters. The van der Waals surface area contributed by atoms with Crippen LogP contribution in [0.5, 0.6) is 0 Å². The van der Waals surface area contributed by atoms with Crippen LogP contribution in [0.1, 0.15) is 85.2 Å². The molecular weight excluding hydrogens is 1270 g/mol. The van der Waals surface area contributed by atoms with Crippen molar-refractivity contribution in [3.05, 3.63) is 21.8 Å². The summed E-state index contributed by atoms with van der Waals surface area (Å²) in [6, 6.07) is 0. The van der Waals surface area contributed by atoms with E-state index in [1.54, 1.807) is 22.6 Å². The minimum absolute atomic E-state index is 0.0359. The topological polar surface area (TPSA) is 396 Å². The fourth-order valence-electron chi connectivity index (χ4n) is 7.19. The van der Waals surface area contributed by atoms with E-state index < -0.39 is 148 Å². The number of rotatable bonds is 25. The number of anilines is 1. The van der Waals surface area contributed by atoms with E-state index in [4.69, 9.17) is 23.7 Å². The average molecular weight is 1320 g/mol. The molecule has 1 rings (SSSR count). The molecular formula is C41H51I3N2O23. The molecule has 28 heteroatoms. The van der Waals surface area contributed by atoms with Gasteiger partial charge in [-0.2, -0.15) is 0 Å². The van der Waals surface area contributed by atoms with Crippen molar-refractivity contribution in [3.63, 3.8) is 0 Å². The highest BCUT2D eigenvalue weighted by Gasteiger charge is 2.76. The van der Waals surface area contributed by atoms with E-state index in [2.05, 4.69) is 10.6 Å². The summed E-state index contributed by atoms with van der Waals surface area (Å²) < 4.78 is 24.7. The third-order valence-electron chi connectivity index (χ3n) is 10.8. The Hall–Kier alpha value is -4.03. The van der Waals surface area contributed by atoms with Crippen LogP contribution in [0.3, 0.4) is 0 Å². The first-order valence-corrected chi connectivity index (χ1v) is 22.9. The fraction of sp³-hybridized carbons (Fsp3) is 0.561. The number of carbonyl (C=O) groups excluding carboxylic acids is 12. The molecule has 0 fully saturated rings. The predicted octanol–water partition coefficient (Wildman–Crippen LogP) is -1.77. The summed E-state index contributed by atoms with van der Waals surface area (Å²) in [5, 5.41) is 76.9. The second kappa shape index (κ2) is 23.9. The van der Waals surface area contributed by atoms with Gasteiger partial charge in [-0.1, -0.05) is 0 Å². The van der Waals surface area contributed by atoms with E-state index in [1.807, 2.05) is 0 Å². The standard InChI is InChI=1S/C41H51I3N2O23/c1-16(47)36(59,40(63,20(5)51)37(60,17(2)48)27(68-24(9)55)13-66-22(7)53)15-65-12-26-30(42)29(34(57)45-11)32(44)33(31(26)43)46-35(58)39(62,19(4)50)41(64,21(6)52)38(61,18(3)49)28(69-25(10)56)14-67-23(8)54/h27-28,59-64H,12-15H2,1-11H3,(H,45,57)(H,46,58)/t27-,28-,36-,37-,38-,39+,40-,41+/m1/s1. The Morgan fingerprint density at radius 1 is 0.536 bits per heavy atom. The Bertz CT molecular complexity index is 2340. The molecule has 0 heterocycles. The van der Waals surface area contributed by atoms with Crippen molar-refractivity contribution >= 4 is 144 Å². The van der Waals surface area contributed by atoms with Crippen LogP contribution in [-0.2, 0) is 83.0 Å². The molecule has 0 aliphatic rings. The molecule has 0 bridgehead atoms. The van der Waals surface area contributed by atoms with Crippen molar-refractivity contribution in [3.8, 4) is 0 Å². The van der Waals surface area contributed by atoms with Gasteiger partial charge in [0.15, 0.2) is 52.5 Å². The molecule has 0 saturated heterocycles. The third-order valence-corrected chi connectivity index (χ3v) is 14.3. The lowest BCUT2D eigenvalue weighted by Crippen LogP contribution is -2.82. The van der Waals surface area contributed by atoms with Gasteiger partial charge in [0, 0.05) is 47.4 Å². The number of ether oxygens (including phenoxy) is 5. The van der Waals surface area contributed by atoms with Crippen LogP contribution in [0.2, 0.25) is 0 Å². The minimum Gasteiger partial charge on any atom is -0.462 e. The summed E-state index contributed by atoms with van der Waals surface area (Å²) >= 11 is 4.69. The Labute approximate surface area is 433 Å². The second-order valence-electron chi connectivity index (χ2n) is 15.4. The van der Waals surface area contributed by atoms with Crippen LogP contribution in [0.25, 0.3) is 0 Å². The van der Waals surface area contributed by atoms with Crippen molar-refractivity contribution < 1.29 is 112 Å². The first-order chi connectivity index (χ1) is 31.3. The maximum Gasteiger partial charge on any atom is 0.303 e. The van der Waals surface area contributed by atoms with E-state index in [1.165, 1.54) is 52.2 Å². The molecule has 8 N–H and O–H groups in total. The van der Waals surface area contributed by atoms with E-state index in [0.717, 1.165) is 27.7 Å². The molecule has 25 nitrogen and oxygen atoms in total. The number of ketones is 6. The molecule has 1 aromatic rings. The minimum atomic E-state index is -4.31. The first kappa shape index (κ1) is 63.0. The summed E-state index contributed by atoms with van der Waals surface area (Å²) in [6.07, 6.45) is -5.05. The lowest BCUT2D eigenvalue weighted by Gasteiger charge is -2.50. The Morgan fingerprint density at radius 2 is 0.942 bits per heavy atom. The molecule has 2 amide bonds. The molecule has 69 heavy (non-hydrogen) atoms. The van der Waals surface area contributed by atoms with Crippen molar-refractivity contribution in [1.82, 2.24) is 5.32 Å². The van der Waals surface area contributed by atoms with Gasteiger partial charge in [0.05, 0.1) is 28.0 Å². The van der Waals surface area contributed by atoms with Crippen molar-refractivity contribution in [1.29, 1.82) is 0 Å². The number of carbonyl (C=O) groups is 12. The summed E-state index contributed by atoms with van der Waals surface area (Å²) in [6.45, 7) is 1.39. The second-order valence-corrected chi connectivity index (χ2v) is 18.6. The van der Waals surface area contributed by atoms with Crippen LogP contribution in [-0.4, -0.2) is 174 Å². The summed E-state index contributed by atoms with van der Waals surface area (Å²) in [5.74, 6) is -17.9. The van der Waals surface area contributed by atoms with Gasteiger partial charge in [0.1, 0.15) is 13.2 Å². The van der Waals surface area contributed by atoms with Crippen LogP contribution >= 0.6 is 67.8 Å². The van der Waals surface area contributed by atoms with Crippen LogP contribution in [0.15, 0.2) is 0 Å². The SMILES string of the molecule is CNC(=O)c1c(I)c(COC[C@@](O)(C(C)=O)[C@](O)(C(C)=O)[C@@](O)(C(C)=O)[C@@H](COC(C)=O)OC(C)=O)c(I)c(NC(=O)[C@@](O)(C(C)=O)[C@](O)(C(C)=O)[C@@](O)(C(C)=O)[C@@H](COC(C)=O)OC(C)=O)c1I. The zero-order valence-corrected chi connectivity index (χ0v) is 45.2. The molecule has 0 aliphatic carbocycles. The fourth-order valence-corrected chi connectivity index (χ4v) is 11.4. The Morgan fingerprint density at radius 3 is 1.26 bits per heavy atom. The van der Waals surface area contributed by atoms with Crippen molar-refractivity contribution in [2.75, 3.05) is 32.2 Å². The molecule has 0 unspecified atom stereocenters. The molecule has 0 aromatic heterocycles. The number of aliphatic hydroxyl groups is 6. The zero-order chi connectivity index (χ0) is 54.3. The number of benzene rings is 1. The quantitative estimate of drug-likeness (QED) is 0.0232. The lowest BCUT2D eigenvalue weighted by atomic mass is 9.62. The van der Waals surface area contributed by atoms with Gasteiger partial charge < -0.3 is 65.0 Å². The van der Waals surface area contributed by atoms with Crippen molar-refractivity contribution in [2.45, 2.75) is 122 Å². The Kier molecular flexibility index (Phi) is 21.8. The normalized spacial score (nSPS) is 17.4. The highest BCUT2D eigenvalue weighted by Crippen LogP contribution is 2.44. The molecule has 0 saturated carbocycles. The number of Topliss-reactive ketones (excluding diaryl/α,β-unsaturated/α-hetero) is 6. The number of esters is 4. The molecule has 0 aliphatic heterocycles. The van der Waals surface area contributed by atoms with Crippen LogP contribution < -0.4 is 10.6 Å². The predicted molar refractivity (Wildman–Crippen MR) is 254 cm³/mol. The molecule has 0 radical (unpaired) electrons. The first-order valence-electron chi connectivity index (χ1n) is 19.7. The third kappa shape index (κ3) is 11.7. The van der Waals surface area contributed by atoms with E-state index >= 15 is 0 Å². The summed E-state index contributed by atoms with van der Waals surface area (Å²) in [4.78, 5) is 156. The van der Waals surface area contributed by atoms with Crippen LogP contribution in [0, 0.1) is 10.7 Å². The largest absolute Gasteiger partial charge is 0.462 e. The zero-order valence-electron chi connectivity index (χ0n) is 38.7.